The van der Waals surface area contributed by atoms with Crippen LogP contribution in [0.3, 0.4) is 0 Å². The molecule has 0 atom stereocenters. The summed E-state index contributed by atoms with van der Waals surface area (Å²) in [7, 11) is 0. The number of aromatic nitrogens is 2. The lowest BCUT2D eigenvalue weighted by Gasteiger charge is -2.21. The highest BCUT2D eigenvalue weighted by atomic mass is 32.1. The number of ketones is 1. The van der Waals surface area contributed by atoms with E-state index in [2.05, 4.69) is 18.8 Å². The molecule has 7 heteroatoms. The number of carbonyl (C=O) groups excluding carboxylic acids is 2. The van der Waals surface area contributed by atoms with E-state index in [0.29, 0.717) is 32.1 Å². The van der Waals surface area contributed by atoms with Crippen molar-refractivity contribution in [3.05, 3.63) is 62.5 Å². The Balaban J connectivity index is 1.57. The first-order chi connectivity index (χ1) is 15.3. The average molecular weight is 453 g/mol. The average Bonchev–Trinajstić information content (AvgIpc) is 3.13. The highest BCUT2D eigenvalue weighted by molar-refractivity contribution is 7.20. The van der Waals surface area contributed by atoms with E-state index < -0.39 is 0 Å². The lowest BCUT2D eigenvalue weighted by atomic mass is 9.98. The molecule has 168 valence electrons. The van der Waals surface area contributed by atoms with Gasteiger partial charge in [0.05, 0.1) is 18.3 Å². The van der Waals surface area contributed by atoms with Crippen LogP contribution in [0.15, 0.2) is 35.4 Å². The Morgan fingerprint density at radius 3 is 2.50 bits per heavy atom. The van der Waals surface area contributed by atoms with Gasteiger partial charge in [0.15, 0.2) is 5.78 Å². The number of ether oxygens (including phenoxy) is 1. The molecule has 0 unspecified atom stereocenters. The molecule has 0 saturated heterocycles. The van der Waals surface area contributed by atoms with Gasteiger partial charge in [-0.15, -0.1) is 11.3 Å². The topological polar surface area (TPSA) is 78.3 Å². The van der Waals surface area contributed by atoms with Crippen molar-refractivity contribution in [1.82, 2.24) is 9.55 Å². The van der Waals surface area contributed by atoms with Gasteiger partial charge in [-0.25, -0.2) is 9.78 Å². The van der Waals surface area contributed by atoms with Crippen molar-refractivity contribution >= 4 is 33.3 Å². The number of fused-ring (bicyclic) bond motifs is 1. The first-order valence-corrected chi connectivity index (χ1v) is 12.0. The molecule has 2 aromatic heterocycles. The van der Waals surface area contributed by atoms with E-state index in [4.69, 9.17) is 4.74 Å². The Labute approximate surface area is 191 Å². The molecule has 3 aromatic rings. The first kappa shape index (κ1) is 22.4. The number of Topliss-reactive ketones (excluding diaryl/α,β-unsaturated/α-hetero) is 1. The van der Waals surface area contributed by atoms with Gasteiger partial charge in [0.1, 0.15) is 15.8 Å². The Kier molecular flexibility index (Phi) is 6.55. The SMILES string of the molecule is Cc1c(C(=O)OC2CCCCC2)sc2ncn(CC(=O)c3ccc(C(C)C)cc3)c(=O)c12. The fourth-order valence-corrected chi connectivity index (χ4v) is 5.18. The highest BCUT2D eigenvalue weighted by Gasteiger charge is 2.24. The second-order valence-electron chi connectivity index (χ2n) is 8.78. The van der Waals surface area contributed by atoms with Crippen LogP contribution in [0, 0.1) is 6.92 Å². The summed E-state index contributed by atoms with van der Waals surface area (Å²) < 4.78 is 7.00. The summed E-state index contributed by atoms with van der Waals surface area (Å²) in [5, 5.41) is 0.385. The van der Waals surface area contributed by atoms with E-state index in [1.165, 1.54) is 28.7 Å². The molecule has 0 N–H and O–H groups in total. The molecule has 0 spiro atoms. The van der Waals surface area contributed by atoms with Crippen LogP contribution in [-0.2, 0) is 11.3 Å². The van der Waals surface area contributed by atoms with Gasteiger partial charge in [0.2, 0.25) is 0 Å². The molecule has 0 aliphatic heterocycles. The fraction of sp³-hybridized carbons (Fsp3) is 0.440. The molecule has 32 heavy (non-hydrogen) atoms. The van der Waals surface area contributed by atoms with Crippen LogP contribution in [0.4, 0.5) is 0 Å². The minimum atomic E-state index is -0.385. The van der Waals surface area contributed by atoms with Crippen molar-refractivity contribution in [2.45, 2.75) is 71.4 Å². The molecule has 1 saturated carbocycles. The van der Waals surface area contributed by atoms with Crippen molar-refractivity contribution in [3.8, 4) is 0 Å². The minimum absolute atomic E-state index is 0.0508. The van der Waals surface area contributed by atoms with Gasteiger partial charge in [-0.1, -0.05) is 44.5 Å². The van der Waals surface area contributed by atoms with Crippen LogP contribution in [-0.4, -0.2) is 27.4 Å². The quantitative estimate of drug-likeness (QED) is 0.376. The Morgan fingerprint density at radius 2 is 1.84 bits per heavy atom. The first-order valence-electron chi connectivity index (χ1n) is 11.2. The molecule has 1 fully saturated rings. The largest absolute Gasteiger partial charge is 0.458 e. The van der Waals surface area contributed by atoms with Gasteiger partial charge in [0.25, 0.3) is 5.56 Å². The molecule has 1 aliphatic carbocycles. The lowest BCUT2D eigenvalue weighted by Crippen LogP contribution is -2.25. The van der Waals surface area contributed by atoms with Crippen LogP contribution in [0.5, 0.6) is 0 Å². The van der Waals surface area contributed by atoms with E-state index in [9.17, 15) is 14.4 Å². The molecule has 0 radical (unpaired) electrons. The predicted octanol–water partition coefficient (Wildman–Crippen LogP) is 5.26. The van der Waals surface area contributed by atoms with Crippen LogP contribution < -0.4 is 5.56 Å². The Hall–Kier alpha value is -2.80. The van der Waals surface area contributed by atoms with Crippen molar-refractivity contribution in [3.63, 3.8) is 0 Å². The zero-order chi connectivity index (χ0) is 22.8. The van der Waals surface area contributed by atoms with E-state index in [1.54, 1.807) is 19.1 Å². The summed E-state index contributed by atoms with van der Waals surface area (Å²) in [6, 6.07) is 7.47. The number of esters is 1. The Bertz CT molecular complexity index is 1200. The third-order valence-corrected chi connectivity index (χ3v) is 7.32. The second-order valence-corrected chi connectivity index (χ2v) is 9.78. The zero-order valence-corrected chi connectivity index (χ0v) is 19.5. The van der Waals surface area contributed by atoms with Crippen molar-refractivity contribution in [2.75, 3.05) is 0 Å². The number of aryl methyl sites for hydroxylation is 1. The molecule has 0 bridgehead atoms. The normalized spacial score (nSPS) is 14.8. The van der Waals surface area contributed by atoms with Crippen LogP contribution in [0.25, 0.3) is 10.2 Å². The standard InChI is InChI=1S/C25H28N2O4S/c1-15(2)17-9-11-18(12-10-17)20(28)13-27-14-26-23-21(24(27)29)16(3)22(32-23)25(30)31-19-7-5-4-6-8-19/h9-12,14-15,19H,4-8,13H2,1-3H3. The van der Waals surface area contributed by atoms with Gasteiger partial charge >= 0.3 is 5.97 Å². The molecular weight excluding hydrogens is 424 g/mol. The monoisotopic (exact) mass is 452 g/mol. The van der Waals surface area contributed by atoms with Gasteiger partial charge in [0, 0.05) is 5.56 Å². The van der Waals surface area contributed by atoms with Crippen molar-refractivity contribution in [2.24, 2.45) is 0 Å². The van der Waals surface area contributed by atoms with E-state index >= 15 is 0 Å². The number of hydrogen-bond acceptors (Lipinski definition) is 6. The highest BCUT2D eigenvalue weighted by Crippen LogP contribution is 2.29. The summed E-state index contributed by atoms with van der Waals surface area (Å²) in [6.45, 7) is 5.84. The molecule has 2 heterocycles. The fourth-order valence-electron chi connectivity index (χ4n) is 4.15. The zero-order valence-electron chi connectivity index (χ0n) is 18.7. The van der Waals surface area contributed by atoms with E-state index in [-0.39, 0.29) is 30.0 Å². The van der Waals surface area contributed by atoms with Gasteiger partial charge in [-0.3, -0.25) is 14.2 Å². The smallest absolute Gasteiger partial charge is 0.348 e. The van der Waals surface area contributed by atoms with Crippen LogP contribution >= 0.6 is 11.3 Å². The third kappa shape index (κ3) is 4.53. The molecule has 1 aliphatic rings. The third-order valence-electron chi connectivity index (χ3n) is 6.14. The summed E-state index contributed by atoms with van der Waals surface area (Å²) >= 11 is 1.18. The maximum Gasteiger partial charge on any atom is 0.348 e. The van der Waals surface area contributed by atoms with Gasteiger partial charge in [-0.2, -0.15) is 0 Å². The van der Waals surface area contributed by atoms with Gasteiger partial charge in [-0.05, 0) is 49.7 Å². The molecular formula is C25H28N2O4S. The molecule has 0 amide bonds. The summed E-state index contributed by atoms with van der Waals surface area (Å²) in [5.41, 5.74) is 1.97. The summed E-state index contributed by atoms with van der Waals surface area (Å²) in [6.07, 6.45) is 6.44. The van der Waals surface area contributed by atoms with E-state index in [0.717, 1.165) is 31.2 Å². The number of carbonyl (C=O) groups is 2. The second kappa shape index (κ2) is 9.36. The minimum Gasteiger partial charge on any atom is -0.458 e. The number of thiophene rings is 1. The van der Waals surface area contributed by atoms with E-state index in [1.807, 2.05) is 12.1 Å². The number of hydrogen-bond donors (Lipinski definition) is 0. The molecule has 6 nitrogen and oxygen atoms in total. The van der Waals surface area contributed by atoms with Crippen LogP contribution in [0.2, 0.25) is 0 Å². The van der Waals surface area contributed by atoms with Crippen molar-refractivity contribution in [1.29, 1.82) is 0 Å². The summed E-state index contributed by atoms with van der Waals surface area (Å²) in [5.74, 6) is -0.160. The number of nitrogens with zero attached hydrogens (tertiary/aromatic N) is 2. The molecule has 4 rings (SSSR count). The Morgan fingerprint density at radius 1 is 1.16 bits per heavy atom. The maximum absolute atomic E-state index is 13.1. The number of benzene rings is 1. The van der Waals surface area contributed by atoms with Crippen LogP contribution in [0.1, 0.15) is 83.0 Å². The number of rotatable bonds is 6. The predicted molar refractivity (Wildman–Crippen MR) is 126 cm³/mol. The van der Waals surface area contributed by atoms with Gasteiger partial charge < -0.3 is 4.74 Å². The summed E-state index contributed by atoms with van der Waals surface area (Å²) in [4.78, 5) is 43.9. The lowest BCUT2D eigenvalue weighted by molar-refractivity contribution is 0.0216. The maximum atomic E-state index is 13.1. The van der Waals surface area contributed by atoms with Crippen molar-refractivity contribution < 1.29 is 14.3 Å². The molecule has 1 aromatic carbocycles.